The number of carbonyl (C=O) groups is 2. The van der Waals surface area contributed by atoms with Crippen LogP contribution in [0.2, 0.25) is 5.02 Å². The van der Waals surface area contributed by atoms with Crippen molar-refractivity contribution in [1.82, 2.24) is 4.57 Å². The summed E-state index contributed by atoms with van der Waals surface area (Å²) in [7, 11) is 3.14. The predicted molar refractivity (Wildman–Crippen MR) is 143 cm³/mol. The fraction of sp³-hybridized carbons (Fsp3) is 0.172. The number of halogens is 1. The topological polar surface area (TPSA) is 99.0 Å². The Morgan fingerprint density at radius 1 is 1.00 bits per heavy atom. The van der Waals surface area contributed by atoms with Gasteiger partial charge in [0.05, 0.1) is 37.6 Å². The number of carbonyl (C=O) groups excluding carboxylic acids is 1. The molecule has 2 atom stereocenters. The highest BCUT2D eigenvalue weighted by atomic mass is 35.5. The van der Waals surface area contributed by atoms with Gasteiger partial charge in [-0.25, -0.2) is 4.79 Å². The van der Waals surface area contributed by atoms with Crippen LogP contribution in [0.25, 0.3) is 5.69 Å². The summed E-state index contributed by atoms with van der Waals surface area (Å²) < 4.78 is 20.0. The molecule has 9 heteroatoms. The van der Waals surface area contributed by atoms with Crippen LogP contribution in [0.5, 0.6) is 11.5 Å². The molecule has 0 bridgehead atoms. The Morgan fingerprint density at radius 2 is 1.79 bits per heavy atom. The summed E-state index contributed by atoms with van der Waals surface area (Å²) in [6, 6.07) is 21.0. The number of amides is 1. The predicted octanol–water partition coefficient (Wildman–Crippen LogP) is 6.04. The molecule has 0 fully saturated rings. The smallest absolute Gasteiger partial charge is 0.335 e. The highest BCUT2D eigenvalue weighted by Crippen LogP contribution is 2.46. The molecule has 1 aliphatic heterocycles. The summed E-state index contributed by atoms with van der Waals surface area (Å²) in [5, 5.41) is 12.5. The Kier molecular flexibility index (Phi) is 7.09. The second-order valence-corrected chi connectivity index (χ2v) is 9.16. The third-order valence-electron chi connectivity index (χ3n) is 6.44. The minimum absolute atomic E-state index is 0.00913. The van der Waals surface area contributed by atoms with Gasteiger partial charge in [0, 0.05) is 28.0 Å². The van der Waals surface area contributed by atoms with Crippen molar-refractivity contribution in [3.63, 3.8) is 0 Å². The molecule has 0 saturated carbocycles. The fourth-order valence-electron chi connectivity index (χ4n) is 4.73. The average molecular weight is 533 g/mol. The quantitative estimate of drug-likeness (QED) is 0.301. The number of nitrogens with zero attached hydrogens (tertiary/aromatic N) is 1. The van der Waals surface area contributed by atoms with Crippen LogP contribution in [0.4, 0.5) is 5.69 Å². The van der Waals surface area contributed by atoms with Crippen LogP contribution in [0.15, 0.2) is 79.0 Å². The van der Waals surface area contributed by atoms with Gasteiger partial charge in [-0.1, -0.05) is 23.7 Å². The number of ether oxygens (including phenoxy) is 3. The highest BCUT2D eigenvalue weighted by molar-refractivity contribution is 6.30. The highest BCUT2D eigenvalue weighted by Gasteiger charge is 2.34. The summed E-state index contributed by atoms with van der Waals surface area (Å²) in [6.07, 6.45) is 0.679. The lowest BCUT2D eigenvalue weighted by molar-refractivity contribution is -0.120. The van der Waals surface area contributed by atoms with Gasteiger partial charge in [0.15, 0.2) is 11.5 Å². The van der Waals surface area contributed by atoms with Gasteiger partial charge in [-0.15, -0.1) is 0 Å². The number of nitrogens with one attached hydrogen (secondary N) is 1. The maximum Gasteiger partial charge on any atom is 0.335 e. The fourth-order valence-corrected chi connectivity index (χ4v) is 4.91. The van der Waals surface area contributed by atoms with Crippen LogP contribution in [-0.4, -0.2) is 35.8 Å². The van der Waals surface area contributed by atoms with E-state index in [0.717, 1.165) is 22.5 Å². The lowest BCUT2D eigenvalue weighted by Crippen LogP contribution is -2.19. The summed E-state index contributed by atoms with van der Waals surface area (Å²) in [4.78, 5) is 24.3. The van der Waals surface area contributed by atoms with Crippen LogP contribution in [0.1, 0.15) is 45.8 Å². The van der Waals surface area contributed by atoms with Crippen molar-refractivity contribution >= 4 is 29.2 Å². The number of carboxylic acid groups (broad SMARTS) is 1. The second kappa shape index (κ2) is 10.6. The first-order valence-corrected chi connectivity index (χ1v) is 12.2. The number of fused-ring (bicyclic) bond motifs is 3. The van der Waals surface area contributed by atoms with E-state index in [4.69, 9.17) is 30.9 Å². The number of para-hydroxylation sites is 1. The average Bonchev–Trinajstić information content (AvgIpc) is 3.36. The molecule has 1 aliphatic rings. The molecule has 0 unspecified atom stereocenters. The van der Waals surface area contributed by atoms with Crippen LogP contribution in [0.3, 0.4) is 0 Å². The van der Waals surface area contributed by atoms with E-state index in [1.807, 2.05) is 59.3 Å². The number of methoxy groups -OCH3 is 2. The molecule has 194 valence electrons. The normalized spacial score (nSPS) is 16.1. The number of anilines is 1. The number of aromatic nitrogens is 1. The molecule has 0 spiro atoms. The van der Waals surface area contributed by atoms with Crippen molar-refractivity contribution in [2.45, 2.75) is 18.6 Å². The van der Waals surface area contributed by atoms with E-state index in [-0.39, 0.29) is 17.9 Å². The first-order chi connectivity index (χ1) is 18.4. The van der Waals surface area contributed by atoms with Gasteiger partial charge in [0.25, 0.3) is 0 Å². The second-order valence-electron chi connectivity index (χ2n) is 8.73. The van der Waals surface area contributed by atoms with E-state index < -0.39 is 18.2 Å². The molecule has 0 radical (unpaired) electrons. The van der Waals surface area contributed by atoms with Gasteiger partial charge in [0.2, 0.25) is 5.91 Å². The van der Waals surface area contributed by atoms with Crippen LogP contribution >= 0.6 is 11.6 Å². The SMILES string of the molecule is COc1cccc([C@@H]2O[C@@H](CC(=O)Nc3ccc(C(=O)O)cc3)c3cccn3-c3ccc(Cl)cc32)c1OC. The van der Waals surface area contributed by atoms with Gasteiger partial charge >= 0.3 is 5.97 Å². The van der Waals surface area contributed by atoms with Crippen molar-refractivity contribution in [2.24, 2.45) is 0 Å². The molecule has 0 saturated heterocycles. The largest absolute Gasteiger partial charge is 0.493 e. The van der Waals surface area contributed by atoms with Crippen LogP contribution in [-0.2, 0) is 9.53 Å². The van der Waals surface area contributed by atoms with Crippen LogP contribution in [0, 0.1) is 0 Å². The number of hydrogen-bond acceptors (Lipinski definition) is 5. The molecule has 0 aliphatic carbocycles. The minimum atomic E-state index is -1.03. The summed E-state index contributed by atoms with van der Waals surface area (Å²) in [6.45, 7) is 0. The van der Waals surface area contributed by atoms with Crippen molar-refractivity contribution in [2.75, 3.05) is 19.5 Å². The number of aromatic carboxylic acids is 1. The molecular weight excluding hydrogens is 508 g/mol. The maximum atomic E-state index is 13.2. The van der Waals surface area contributed by atoms with Crippen molar-refractivity contribution in [1.29, 1.82) is 0 Å². The minimum Gasteiger partial charge on any atom is -0.493 e. The lowest BCUT2D eigenvalue weighted by atomic mass is 9.98. The Labute approximate surface area is 224 Å². The van der Waals surface area contributed by atoms with Crippen LogP contribution < -0.4 is 14.8 Å². The van der Waals surface area contributed by atoms with Gasteiger partial charge in [-0.3, -0.25) is 4.79 Å². The molecule has 8 nitrogen and oxygen atoms in total. The molecule has 2 heterocycles. The Balaban J connectivity index is 1.53. The van der Waals surface area contributed by atoms with Crippen molar-refractivity contribution < 1.29 is 28.9 Å². The van der Waals surface area contributed by atoms with Gasteiger partial charge in [-0.05, 0) is 60.7 Å². The third-order valence-corrected chi connectivity index (χ3v) is 6.68. The summed E-state index contributed by atoms with van der Waals surface area (Å²) in [5.74, 6) is -0.236. The monoisotopic (exact) mass is 532 g/mol. The summed E-state index contributed by atoms with van der Waals surface area (Å²) >= 11 is 6.44. The van der Waals surface area contributed by atoms with Gasteiger partial charge in [0.1, 0.15) is 12.2 Å². The zero-order valence-corrected chi connectivity index (χ0v) is 21.4. The van der Waals surface area contributed by atoms with E-state index in [9.17, 15) is 9.59 Å². The molecule has 1 aromatic heterocycles. The Hall–Kier alpha value is -4.27. The molecule has 1 amide bonds. The zero-order chi connectivity index (χ0) is 26.8. The lowest BCUT2D eigenvalue weighted by Gasteiger charge is -2.25. The van der Waals surface area contributed by atoms with Gasteiger partial charge in [-0.2, -0.15) is 0 Å². The van der Waals surface area contributed by atoms with E-state index in [2.05, 4.69) is 5.32 Å². The maximum absolute atomic E-state index is 13.2. The van der Waals surface area contributed by atoms with Crippen molar-refractivity contribution in [3.05, 3.63) is 106 Å². The van der Waals surface area contributed by atoms with E-state index in [1.165, 1.54) is 12.1 Å². The number of benzene rings is 3. The zero-order valence-electron chi connectivity index (χ0n) is 20.7. The summed E-state index contributed by atoms with van der Waals surface area (Å²) in [5.41, 5.74) is 3.85. The molecule has 5 rings (SSSR count). The third kappa shape index (κ3) is 4.83. The molecular formula is C29H25ClN2O6. The standard InChI is InChI=1S/C29H25ClN2O6/c1-36-24-7-3-5-20(28(24)37-2)27-21-15-18(30)10-13-22(21)32-14-4-6-23(32)25(38-27)16-26(33)31-19-11-8-17(9-12-19)29(34)35/h3-15,25,27H,16H2,1-2H3,(H,31,33)(H,34,35)/t25-,27-/m0/s1. The Bertz CT molecular complexity index is 1500. The van der Waals surface area contributed by atoms with Crippen molar-refractivity contribution in [3.8, 4) is 17.2 Å². The molecule has 3 aromatic carbocycles. The van der Waals surface area contributed by atoms with E-state index in [0.29, 0.717) is 22.2 Å². The molecule has 2 N–H and O–H groups in total. The number of carboxylic acids is 1. The molecule has 4 aromatic rings. The van der Waals surface area contributed by atoms with E-state index in [1.54, 1.807) is 26.4 Å². The Morgan fingerprint density at radius 3 is 2.50 bits per heavy atom. The number of rotatable bonds is 7. The number of hydrogen-bond donors (Lipinski definition) is 2. The van der Waals surface area contributed by atoms with Gasteiger partial charge < -0.3 is 29.2 Å². The van der Waals surface area contributed by atoms with E-state index >= 15 is 0 Å². The molecule has 38 heavy (non-hydrogen) atoms. The first-order valence-electron chi connectivity index (χ1n) is 11.9. The first kappa shape index (κ1) is 25.4.